The van der Waals surface area contributed by atoms with Crippen LogP contribution in [0.3, 0.4) is 0 Å². The van der Waals surface area contributed by atoms with E-state index in [4.69, 9.17) is 24.1 Å². The van der Waals surface area contributed by atoms with Crippen LogP contribution in [0.2, 0.25) is 0 Å². The zero-order valence-corrected chi connectivity index (χ0v) is 10.6. The molecule has 0 bridgehead atoms. The molecule has 0 amide bonds. The lowest BCUT2D eigenvalue weighted by atomic mass is 10.2. The summed E-state index contributed by atoms with van der Waals surface area (Å²) < 4.78 is 8.74. The molecule has 6 heteroatoms. The molecule has 0 aromatic heterocycles. The molecule has 0 saturated heterocycles. The van der Waals surface area contributed by atoms with E-state index in [0.717, 1.165) is 0 Å². The third-order valence-electron chi connectivity index (χ3n) is 0.542. The van der Waals surface area contributed by atoms with Gasteiger partial charge in [-0.05, 0) is 41.5 Å². The highest BCUT2D eigenvalue weighted by Gasteiger charge is 2.18. The Labute approximate surface area is 85.9 Å². The van der Waals surface area contributed by atoms with E-state index in [-0.39, 0.29) is 11.2 Å². The fourth-order valence-electron chi connectivity index (χ4n) is 0.250. The highest BCUT2D eigenvalue weighted by molar-refractivity contribution is 7.30. The first-order valence-corrected chi connectivity index (χ1v) is 5.53. The van der Waals surface area contributed by atoms with Gasteiger partial charge in [-0.15, -0.1) is 0 Å². The molecular weight excluding hydrogens is 207 g/mol. The summed E-state index contributed by atoms with van der Waals surface area (Å²) in [5.41, 5.74) is -0.430. The summed E-state index contributed by atoms with van der Waals surface area (Å²) in [5, 5.41) is 0. The number of rotatable bonds is 1. The molecule has 0 aromatic carbocycles. The summed E-state index contributed by atoms with van der Waals surface area (Å²) in [7, 11) is -3.13. The van der Waals surface area contributed by atoms with Crippen LogP contribution in [0.4, 0.5) is 0 Å². The summed E-state index contributed by atoms with van der Waals surface area (Å²) in [4.78, 5) is 24.5. The molecule has 0 atom stereocenters. The zero-order valence-electron chi connectivity index (χ0n) is 9.62. The van der Waals surface area contributed by atoms with Crippen molar-refractivity contribution in [2.24, 2.45) is 0 Å². The topological polar surface area (TPSA) is 76.0 Å². The van der Waals surface area contributed by atoms with Gasteiger partial charge < -0.3 is 9.79 Å². The Morgan fingerprint density at radius 2 is 1.00 bits per heavy atom. The van der Waals surface area contributed by atoms with Crippen molar-refractivity contribution in [3.05, 3.63) is 0 Å². The Morgan fingerprint density at radius 1 is 0.857 bits per heavy atom. The Bertz CT molecular complexity index is 150. The van der Waals surface area contributed by atoms with E-state index in [1.165, 1.54) is 0 Å². The van der Waals surface area contributed by atoms with Gasteiger partial charge >= 0.3 is 8.25 Å². The first kappa shape index (κ1) is 16.5. The quantitative estimate of drug-likeness (QED) is 0.407. The zero-order chi connectivity index (χ0) is 12.0. The minimum atomic E-state index is -3.13. The van der Waals surface area contributed by atoms with E-state index in [0.29, 0.717) is 0 Å². The Balaban J connectivity index is 0. The first-order chi connectivity index (χ1) is 5.94. The number of hydrogen-bond donors (Lipinski definition) is 2. The second-order valence-corrected chi connectivity index (χ2v) is 5.24. The largest absolute Gasteiger partial charge is 0.326 e. The molecule has 88 valence electrons. The summed E-state index contributed by atoms with van der Waals surface area (Å²) in [6.45, 7) is 11.7. The SMILES string of the molecule is CC(C)(C)OOC(C)(C)C.O=[PH](O)O. The minimum Gasteiger partial charge on any atom is -0.326 e. The fraction of sp³-hybridized carbons (Fsp3) is 1.00. The third-order valence-corrected chi connectivity index (χ3v) is 0.542. The van der Waals surface area contributed by atoms with Gasteiger partial charge in [-0.3, -0.25) is 4.57 Å². The predicted molar refractivity (Wildman–Crippen MR) is 55.1 cm³/mol. The van der Waals surface area contributed by atoms with Crippen LogP contribution in [0.25, 0.3) is 0 Å². The van der Waals surface area contributed by atoms with Crippen molar-refractivity contribution in [1.82, 2.24) is 0 Å². The van der Waals surface area contributed by atoms with Gasteiger partial charge in [0.05, 0.1) is 11.2 Å². The predicted octanol–water partition coefficient (Wildman–Crippen LogP) is 1.89. The van der Waals surface area contributed by atoms with E-state index >= 15 is 0 Å². The van der Waals surface area contributed by atoms with Crippen LogP contribution in [0.1, 0.15) is 41.5 Å². The van der Waals surface area contributed by atoms with Crippen LogP contribution in [-0.2, 0) is 14.3 Å². The van der Waals surface area contributed by atoms with Gasteiger partial charge in [0, 0.05) is 0 Å². The van der Waals surface area contributed by atoms with E-state index in [2.05, 4.69) is 0 Å². The molecule has 0 saturated carbocycles. The van der Waals surface area contributed by atoms with Gasteiger partial charge in [0.25, 0.3) is 0 Å². The normalized spacial score (nSPS) is 12.4. The molecule has 14 heavy (non-hydrogen) atoms. The van der Waals surface area contributed by atoms with Gasteiger partial charge in [0.15, 0.2) is 0 Å². The highest BCUT2D eigenvalue weighted by atomic mass is 31.1. The van der Waals surface area contributed by atoms with Crippen molar-refractivity contribution in [1.29, 1.82) is 0 Å². The van der Waals surface area contributed by atoms with Crippen molar-refractivity contribution in [2.75, 3.05) is 0 Å². The standard InChI is InChI=1S/C8H18O2.H3O3P/c1-7(2,3)9-10-8(4,5)6;1-4(2)3/h1-6H3;4H,(H2,1,2,3). The first-order valence-electron chi connectivity index (χ1n) is 4.23. The molecule has 0 aliphatic carbocycles. The Hall–Kier alpha value is 0.0700. The lowest BCUT2D eigenvalue weighted by Crippen LogP contribution is -2.27. The van der Waals surface area contributed by atoms with Gasteiger partial charge in [0.2, 0.25) is 0 Å². The molecule has 0 radical (unpaired) electrons. The maximum absolute atomic E-state index is 8.74. The van der Waals surface area contributed by atoms with E-state index < -0.39 is 8.25 Å². The molecule has 0 heterocycles. The van der Waals surface area contributed by atoms with Crippen LogP contribution in [0, 0.1) is 0 Å². The van der Waals surface area contributed by atoms with Gasteiger partial charge in [-0.25, -0.2) is 9.78 Å². The second kappa shape index (κ2) is 6.53. The maximum atomic E-state index is 8.74. The van der Waals surface area contributed by atoms with Crippen LogP contribution < -0.4 is 0 Å². The van der Waals surface area contributed by atoms with Crippen LogP contribution in [-0.4, -0.2) is 21.0 Å². The molecule has 0 rings (SSSR count). The van der Waals surface area contributed by atoms with Crippen molar-refractivity contribution < 1.29 is 24.1 Å². The monoisotopic (exact) mass is 228 g/mol. The summed E-state index contributed by atoms with van der Waals surface area (Å²) in [6, 6.07) is 0. The van der Waals surface area contributed by atoms with Crippen LogP contribution in [0.5, 0.6) is 0 Å². The molecule has 0 aromatic rings. The fourth-order valence-corrected chi connectivity index (χ4v) is 0.250. The van der Waals surface area contributed by atoms with Gasteiger partial charge in [-0.2, -0.15) is 0 Å². The molecule has 0 aliphatic rings. The Kier molecular flexibility index (Phi) is 7.70. The van der Waals surface area contributed by atoms with Crippen molar-refractivity contribution in [3.8, 4) is 0 Å². The maximum Gasteiger partial charge on any atom is 0.314 e. The Morgan fingerprint density at radius 3 is 1.07 bits per heavy atom. The molecule has 0 spiro atoms. The van der Waals surface area contributed by atoms with E-state index in [1.807, 2.05) is 41.5 Å². The molecule has 0 fully saturated rings. The molecule has 5 nitrogen and oxygen atoms in total. The minimum absolute atomic E-state index is 0.215. The summed E-state index contributed by atoms with van der Waals surface area (Å²) in [5.74, 6) is 0. The van der Waals surface area contributed by atoms with Crippen molar-refractivity contribution in [2.45, 2.75) is 52.7 Å². The van der Waals surface area contributed by atoms with E-state index in [9.17, 15) is 0 Å². The number of hydrogen-bond acceptors (Lipinski definition) is 3. The van der Waals surface area contributed by atoms with E-state index in [1.54, 1.807) is 0 Å². The highest BCUT2D eigenvalue weighted by Crippen LogP contribution is 2.14. The second-order valence-electron chi connectivity index (χ2n) is 4.67. The van der Waals surface area contributed by atoms with Crippen molar-refractivity contribution in [3.63, 3.8) is 0 Å². The molecular formula is C8H21O5P. The summed E-state index contributed by atoms with van der Waals surface area (Å²) in [6.07, 6.45) is 0. The lowest BCUT2D eigenvalue weighted by molar-refractivity contribution is -0.393. The van der Waals surface area contributed by atoms with Crippen molar-refractivity contribution >= 4 is 8.25 Å². The third kappa shape index (κ3) is 29.6. The molecule has 0 unspecified atom stereocenters. The summed E-state index contributed by atoms with van der Waals surface area (Å²) >= 11 is 0. The average molecular weight is 228 g/mol. The smallest absolute Gasteiger partial charge is 0.314 e. The molecule has 0 aliphatic heterocycles. The van der Waals surface area contributed by atoms with Gasteiger partial charge in [-0.1, -0.05) is 0 Å². The molecule has 2 N–H and O–H groups in total. The lowest BCUT2D eigenvalue weighted by Gasteiger charge is -2.24. The van der Waals surface area contributed by atoms with Gasteiger partial charge in [0.1, 0.15) is 0 Å². The average Bonchev–Trinajstić information content (AvgIpc) is 1.79. The van der Waals surface area contributed by atoms with Crippen LogP contribution in [0.15, 0.2) is 0 Å². The van der Waals surface area contributed by atoms with Crippen LogP contribution >= 0.6 is 8.25 Å².